The van der Waals surface area contributed by atoms with Crippen LogP contribution < -0.4 is 4.74 Å². The first-order valence-electron chi connectivity index (χ1n) is 8.57. The molecule has 0 spiro atoms. The van der Waals surface area contributed by atoms with Crippen LogP contribution >= 0.6 is 11.6 Å². The molecule has 0 aromatic heterocycles. The Morgan fingerprint density at radius 3 is 2.56 bits per heavy atom. The number of hydrogen-bond acceptors (Lipinski definition) is 5. The Labute approximate surface area is 160 Å². The van der Waals surface area contributed by atoms with Crippen LogP contribution in [0.2, 0.25) is 5.02 Å². The van der Waals surface area contributed by atoms with Crippen molar-refractivity contribution in [2.24, 2.45) is 5.92 Å². The van der Waals surface area contributed by atoms with Gasteiger partial charge in [0.2, 0.25) is 0 Å². The standard InChI is InChI=1S/C20H16ClNO5/c21-14-5-6-17-12(10-14)9-13(11-27-17)20(25)26-8-7-22-18(23)15-3-1-2-4-16(15)19(22)24/h1-6,10,13H,7-9,11H2/t13-/m1/s1. The number of imide groups is 1. The van der Waals surface area contributed by atoms with Crippen LogP contribution in [0, 0.1) is 5.92 Å². The zero-order valence-electron chi connectivity index (χ0n) is 14.3. The minimum Gasteiger partial charge on any atom is -0.492 e. The number of esters is 1. The van der Waals surface area contributed by atoms with Crippen molar-refractivity contribution in [2.45, 2.75) is 6.42 Å². The van der Waals surface area contributed by atoms with Crippen molar-refractivity contribution >= 4 is 29.4 Å². The predicted octanol–water partition coefficient (Wildman–Crippen LogP) is 2.73. The van der Waals surface area contributed by atoms with Gasteiger partial charge in [0.25, 0.3) is 11.8 Å². The molecule has 2 aliphatic rings. The number of amides is 2. The first-order valence-corrected chi connectivity index (χ1v) is 8.95. The van der Waals surface area contributed by atoms with E-state index in [-0.39, 0.29) is 31.6 Å². The van der Waals surface area contributed by atoms with Crippen LogP contribution in [0.4, 0.5) is 0 Å². The zero-order chi connectivity index (χ0) is 19.0. The van der Waals surface area contributed by atoms with Crippen LogP contribution in [0.3, 0.4) is 0 Å². The second kappa shape index (κ2) is 7.04. The first kappa shape index (κ1) is 17.5. The molecule has 7 heteroatoms. The lowest BCUT2D eigenvalue weighted by atomic mass is 9.97. The van der Waals surface area contributed by atoms with E-state index in [4.69, 9.17) is 21.1 Å². The van der Waals surface area contributed by atoms with E-state index in [0.717, 1.165) is 16.2 Å². The summed E-state index contributed by atoms with van der Waals surface area (Å²) in [5.41, 5.74) is 1.61. The number of rotatable bonds is 4. The van der Waals surface area contributed by atoms with E-state index in [1.165, 1.54) is 0 Å². The Hall–Kier alpha value is -2.86. The smallest absolute Gasteiger partial charge is 0.312 e. The van der Waals surface area contributed by atoms with Gasteiger partial charge in [0, 0.05) is 5.02 Å². The van der Waals surface area contributed by atoms with Crippen LogP contribution in [-0.4, -0.2) is 42.4 Å². The van der Waals surface area contributed by atoms with Crippen molar-refractivity contribution in [1.82, 2.24) is 4.90 Å². The number of halogens is 1. The van der Waals surface area contributed by atoms with Crippen LogP contribution in [0.1, 0.15) is 26.3 Å². The molecule has 4 rings (SSSR count). The highest BCUT2D eigenvalue weighted by molar-refractivity contribution is 6.30. The summed E-state index contributed by atoms with van der Waals surface area (Å²) >= 11 is 5.98. The third kappa shape index (κ3) is 3.28. The molecule has 6 nitrogen and oxygen atoms in total. The summed E-state index contributed by atoms with van der Waals surface area (Å²) in [6, 6.07) is 11.9. The first-order chi connectivity index (χ1) is 13.0. The van der Waals surface area contributed by atoms with Crippen LogP contribution in [-0.2, 0) is 16.0 Å². The molecular formula is C20H16ClNO5. The van der Waals surface area contributed by atoms with Crippen molar-refractivity contribution in [3.05, 3.63) is 64.2 Å². The van der Waals surface area contributed by atoms with Gasteiger partial charge in [-0.2, -0.15) is 0 Å². The molecule has 2 amide bonds. The molecule has 0 unspecified atom stereocenters. The van der Waals surface area contributed by atoms with Gasteiger partial charge in [0.05, 0.1) is 23.6 Å². The van der Waals surface area contributed by atoms with Gasteiger partial charge in [0.15, 0.2) is 0 Å². The van der Waals surface area contributed by atoms with Gasteiger partial charge in [-0.15, -0.1) is 0 Å². The summed E-state index contributed by atoms with van der Waals surface area (Å²) in [5.74, 6) is -0.878. The van der Waals surface area contributed by atoms with E-state index in [9.17, 15) is 14.4 Å². The molecular weight excluding hydrogens is 370 g/mol. The number of fused-ring (bicyclic) bond motifs is 2. The summed E-state index contributed by atoms with van der Waals surface area (Å²) in [5, 5.41) is 0.581. The maximum absolute atomic E-state index is 12.3. The summed E-state index contributed by atoms with van der Waals surface area (Å²) in [4.78, 5) is 38.0. The van der Waals surface area contributed by atoms with E-state index in [2.05, 4.69) is 0 Å². The molecule has 0 N–H and O–H groups in total. The van der Waals surface area contributed by atoms with E-state index in [1.54, 1.807) is 42.5 Å². The maximum Gasteiger partial charge on any atom is 0.312 e. The third-order valence-corrected chi connectivity index (χ3v) is 4.93. The molecule has 2 aromatic rings. The van der Waals surface area contributed by atoms with Gasteiger partial charge >= 0.3 is 5.97 Å². The zero-order valence-corrected chi connectivity index (χ0v) is 15.1. The van der Waals surface area contributed by atoms with Crippen molar-refractivity contribution in [2.75, 3.05) is 19.8 Å². The van der Waals surface area contributed by atoms with Gasteiger partial charge < -0.3 is 9.47 Å². The van der Waals surface area contributed by atoms with Crippen molar-refractivity contribution in [1.29, 1.82) is 0 Å². The molecule has 138 valence electrons. The second-order valence-electron chi connectivity index (χ2n) is 6.44. The molecule has 27 heavy (non-hydrogen) atoms. The molecule has 0 fully saturated rings. The maximum atomic E-state index is 12.3. The van der Waals surface area contributed by atoms with E-state index in [1.807, 2.05) is 0 Å². The Morgan fingerprint density at radius 1 is 1.15 bits per heavy atom. The predicted molar refractivity (Wildman–Crippen MR) is 96.9 cm³/mol. The van der Waals surface area contributed by atoms with Crippen LogP contribution in [0.5, 0.6) is 5.75 Å². The van der Waals surface area contributed by atoms with E-state index in [0.29, 0.717) is 22.6 Å². The van der Waals surface area contributed by atoms with Gasteiger partial charge in [-0.05, 0) is 42.3 Å². The summed E-state index contributed by atoms with van der Waals surface area (Å²) in [7, 11) is 0. The molecule has 0 radical (unpaired) electrons. The summed E-state index contributed by atoms with van der Waals surface area (Å²) in [6.07, 6.45) is 0.474. The topological polar surface area (TPSA) is 72.9 Å². The lowest BCUT2D eigenvalue weighted by molar-refractivity contribution is -0.150. The third-order valence-electron chi connectivity index (χ3n) is 4.70. The van der Waals surface area contributed by atoms with Gasteiger partial charge in [-0.1, -0.05) is 23.7 Å². The number of carbonyl (C=O) groups excluding carboxylic acids is 3. The monoisotopic (exact) mass is 385 g/mol. The fraction of sp³-hybridized carbons (Fsp3) is 0.250. The minimum absolute atomic E-state index is 0.0219. The Morgan fingerprint density at radius 2 is 1.85 bits per heavy atom. The lowest BCUT2D eigenvalue weighted by Crippen LogP contribution is -2.35. The van der Waals surface area contributed by atoms with E-state index >= 15 is 0 Å². The molecule has 2 aliphatic heterocycles. The average Bonchev–Trinajstić information content (AvgIpc) is 2.92. The number of carbonyl (C=O) groups is 3. The van der Waals surface area contributed by atoms with E-state index < -0.39 is 11.9 Å². The van der Waals surface area contributed by atoms with Crippen molar-refractivity contribution < 1.29 is 23.9 Å². The highest BCUT2D eigenvalue weighted by atomic mass is 35.5. The van der Waals surface area contributed by atoms with Crippen molar-refractivity contribution in [3.63, 3.8) is 0 Å². The van der Waals surface area contributed by atoms with Gasteiger partial charge in [0.1, 0.15) is 19.0 Å². The summed E-state index contributed by atoms with van der Waals surface area (Å²) < 4.78 is 10.9. The minimum atomic E-state index is -0.446. The molecule has 2 heterocycles. The largest absolute Gasteiger partial charge is 0.492 e. The lowest BCUT2D eigenvalue weighted by Gasteiger charge is -2.24. The fourth-order valence-corrected chi connectivity index (χ4v) is 3.51. The number of benzene rings is 2. The van der Waals surface area contributed by atoms with Crippen LogP contribution in [0.15, 0.2) is 42.5 Å². The quantitative estimate of drug-likeness (QED) is 0.597. The molecule has 0 saturated carbocycles. The molecule has 2 aromatic carbocycles. The Bertz CT molecular complexity index is 907. The van der Waals surface area contributed by atoms with Crippen LogP contribution in [0.25, 0.3) is 0 Å². The molecule has 0 bridgehead atoms. The summed E-state index contributed by atoms with van der Waals surface area (Å²) in [6.45, 7) is 0.192. The number of nitrogens with zero attached hydrogens (tertiary/aromatic N) is 1. The molecule has 1 atom stereocenters. The normalized spacial score (nSPS) is 18.0. The Balaban J connectivity index is 1.33. The van der Waals surface area contributed by atoms with Crippen molar-refractivity contribution in [3.8, 4) is 5.75 Å². The average molecular weight is 386 g/mol. The second-order valence-corrected chi connectivity index (χ2v) is 6.88. The fourth-order valence-electron chi connectivity index (χ4n) is 3.31. The highest BCUT2D eigenvalue weighted by Crippen LogP contribution is 2.30. The molecule has 0 aliphatic carbocycles. The highest BCUT2D eigenvalue weighted by Gasteiger charge is 2.35. The SMILES string of the molecule is O=C(OCCN1C(=O)c2ccccc2C1=O)[C@H]1COc2ccc(Cl)cc2C1. The van der Waals surface area contributed by atoms with Gasteiger partial charge in [-0.25, -0.2) is 0 Å². The number of hydrogen-bond donors (Lipinski definition) is 0. The van der Waals surface area contributed by atoms with Gasteiger partial charge in [-0.3, -0.25) is 19.3 Å². The Kier molecular flexibility index (Phi) is 4.58. The molecule has 0 saturated heterocycles. The number of ether oxygens (including phenoxy) is 2.